The van der Waals surface area contributed by atoms with E-state index in [1.54, 1.807) is 24.3 Å². The lowest BCUT2D eigenvalue weighted by Crippen LogP contribution is -2.42. The molecule has 0 saturated heterocycles. The highest BCUT2D eigenvalue weighted by Gasteiger charge is 2.20. The molecule has 134 valence electrons. The van der Waals surface area contributed by atoms with E-state index in [1.165, 1.54) is 0 Å². The van der Waals surface area contributed by atoms with Crippen molar-refractivity contribution in [3.05, 3.63) is 35.9 Å². The second-order valence-electron chi connectivity index (χ2n) is 4.56. The molecule has 0 bridgehead atoms. The number of carbonyl (C=O) groups is 2. The Morgan fingerprint density at radius 3 is 2.38 bits per heavy atom. The number of carboxylic acid groups (broad SMARTS) is 1. The summed E-state index contributed by atoms with van der Waals surface area (Å²) < 4.78 is 9.79. The molecule has 1 unspecified atom stereocenters. The number of benzene rings is 1. The van der Waals surface area contributed by atoms with Crippen LogP contribution in [0.1, 0.15) is 5.56 Å². The average molecular weight is 344 g/mol. The summed E-state index contributed by atoms with van der Waals surface area (Å²) in [5, 5.41) is 27.5. The van der Waals surface area contributed by atoms with Crippen LogP contribution in [0.5, 0.6) is 0 Å². The number of aliphatic carboxylic acids is 1. The topological polar surface area (TPSA) is 138 Å². The first-order valence-corrected chi connectivity index (χ1v) is 7.07. The first-order valence-electron chi connectivity index (χ1n) is 7.07. The number of hydrogen-bond acceptors (Lipinski definition) is 8. The number of carbonyl (C=O) groups excluding carboxylic acids is 1. The molecule has 0 spiro atoms. The molecule has 1 atom stereocenters. The van der Waals surface area contributed by atoms with E-state index >= 15 is 0 Å². The molecule has 0 aliphatic carbocycles. The third-order valence-corrected chi connectivity index (χ3v) is 2.77. The van der Waals surface area contributed by atoms with Crippen molar-refractivity contribution in [2.45, 2.75) is 12.5 Å². The van der Waals surface area contributed by atoms with Gasteiger partial charge in [-0.3, -0.25) is 10.4 Å². The molecule has 0 saturated carbocycles. The quantitative estimate of drug-likeness (QED) is 0.333. The van der Waals surface area contributed by atoms with Crippen LogP contribution in [0.3, 0.4) is 0 Å². The molecule has 24 heavy (non-hydrogen) atoms. The molecular weight excluding hydrogens is 324 g/mol. The molecule has 1 aromatic rings. The van der Waals surface area contributed by atoms with Crippen LogP contribution in [-0.4, -0.2) is 65.4 Å². The van der Waals surface area contributed by atoms with Gasteiger partial charge in [-0.25, -0.2) is 14.4 Å². The van der Waals surface area contributed by atoms with Crippen molar-refractivity contribution in [3.8, 4) is 0 Å². The molecule has 4 N–H and O–H groups in total. The van der Waals surface area contributed by atoms with Gasteiger partial charge in [0.05, 0.1) is 25.2 Å². The Kier molecular flexibility index (Phi) is 9.34. The Morgan fingerprint density at radius 2 is 1.75 bits per heavy atom. The number of rotatable bonds is 11. The molecule has 0 aromatic heterocycles. The van der Waals surface area contributed by atoms with Crippen molar-refractivity contribution in [1.29, 1.82) is 0 Å². The van der Waals surface area contributed by atoms with Gasteiger partial charge < -0.3 is 19.9 Å². The zero-order valence-electron chi connectivity index (χ0n) is 12.8. The van der Waals surface area contributed by atoms with Gasteiger partial charge in [-0.2, -0.15) is 0 Å². The maximum atomic E-state index is 11.6. The average Bonchev–Trinajstić information content (AvgIpc) is 2.54. The van der Waals surface area contributed by atoms with Gasteiger partial charge in [0.25, 0.3) is 0 Å². The fraction of sp³-hybridized carbons (Fsp3) is 0.429. The molecule has 0 fully saturated rings. The molecule has 10 heteroatoms. The van der Waals surface area contributed by atoms with Gasteiger partial charge in [0, 0.05) is 6.42 Å². The van der Waals surface area contributed by atoms with Crippen LogP contribution >= 0.6 is 0 Å². The third-order valence-electron chi connectivity index (χ3n) is 2.77. The second kappa shape index (κ2) is 11.3. The van der Waals surface area contributed by atoms with Crippen LogP contribution in [0.15, 0.2) is 30.3 Å². The molecule has 0 radical (unpaired) electrons. The lowest BCUT2D eigenvalue weighted by atomic mass is 10.1. The Hall–Kier alpha value is -2.24. The van der Waals surface area contributed by atoms with Gasteiger partial charge in [-0.15, -0.1) is 0 Å². The van der Waals surface area contributed by atoms with Gasteiger partial charge in [0.15, 0.2) is 0 Å². The van der Waals surface area contributed by atoms with Gasteiger partial charge >= 0.3 is 12.1 Å². The Labute approximate surface area is 138 Å². The molecule has 10 nitrogen and oxygen atoms in total. The van der Waals surface area contributed by atoms with Crippen LogP contribution < -0.4 is 5.32 Å². The highest BCUT2D eigenvalue weighted by Crippen LogP contribution is 2.03. The van der Waals surface area contributed by atoms with Crippen LogP contribution in [0.25, 0.3) is 0 Å². The van der Waals surface area contributed by atoms with E-state index in [4.69, 9.17) is 25.0 Å². The molecule has 1 rings (SSSR count). The van der Waals surface area contributed by atoms with Gasteiger partial charge in [-0.05, 0) is 5.56 Å². The summed E-state index contributed by atoms with van der Waals surface area (Å²) in [6.07, 6.45) is -0.729. The first kappa shape index (κ1) is 19.8. The van der Waals surface area contributed by atoms with Crippen LogP contribution in [-0.2, 0) is 25.5 Å². The third kappa shape index (κ3) is 9.02. The van der Waals surface area contributed by atoms with E-state index in [0.29, 0.717) is 0 Å². The summed E-state index contributed by atoms with van der Waals surface area (Å²) in [6.45, 7) is -0.0960. The van der Waals surface area contributed by atoms with E-state index in [9.17, 15) is 9.59 Å². The standard InChI is InChI=1S/C14H20N2O8/c17-13(18)12(10-11-4-2-1-3-5-11)15-14(19)23-8-6-22-7-9-24-16(20)21/h1-5,12,20-21H,6-10H2,(H,15,19)(H,17,18). The minimum atomic E-state index is -1.17. The van der Waals surface area contributed by atoms with Crippen molar-refractivity contribution in [2.24, 2.45) is 0 Å². The molecule has 0 aliphatic heterocycles. The zero-order chi connectivity index (χ0) is 17.8. The fourth-order valence-electron chi connectivity index (χ4n) is 1.71. The number of alkyl carbamates (subject to hydrolysis) is 1. The number of hydrogen-bond donors (Lipinski definition) is 4. The Bertz CT molecular complexity index is 497. The lowest BCUT2D eigenvalue weighted by Gasteiger charge is -2.14. The lowest BCUT2D eigenvalue weighted by molar-refractivity contribution is -0.493. The minimum Gasteiger partial charge on any atom is -0.480 e. The van der Waals surface area contributed by atoms with E-state index in [1.807, 2.05) is 6.07 Å². The van der Waals surface area contributed by atoms with Crippen LogP contribution in [0, 0.1) is 0 Å². The van der Waals surface area contributed by atoms with Crippen molar-refractivity contribution in [2.75, 3.05) is 26.4 Å². The fourth-order valence-corrected chi connectivity index (χ4v) is 1.71. The van der Waals surface area contributed by atoms with Crippen molar-refractivity contribution < 1.29 is 39.4 Å². The highest BCUT2D eigenvalue weighted by atomic mass is 17.1. The first-order chi connectivity index (χ1) is 11.5. The molecule has 1 aromatic carbocycles. The Balaban J connectivity index is 2.22. The smallest absolute Gasteiger partial charge is 0.407 e. The molecule has 0 heterocycles. The van der Waals surface area contributed by atoms with Crippen molar-refractivity contribution in [3.63, 3.8) is 0 Å². The largest absolute Gasteiger partial charge is 0.480 e. The molecule has 1 amide bonds. The maximum absolute atomic E-state index is 11.6. The van der Waals surface area contributed by atoms with E-state index in [-0.39, 0.29) is 32.8 Å². The Morgan fingerprint density at radius 1 is 1.08 bits per heavy atom. The van der Waals surface area contributed by atoms with Crippen LogP contribution in [0.2, 0.25) is 0 Å². The summed E-state index contributed by atoms with van der Waals surface area (Å²) in [5.74, 6) is -1.17. The SMILES string of the molecule is O=C(NC(Cc1ccccc1)C(=O)O)OCCOCCON(O)O. The summed E-state index contributed by atoms with van der Waals surface area (Å²) in [6, 6.07) is 7.79. The molecular formula is C14H20N2O8. The predicted octanol–water partition coefficient (Wildman–Crippen LogP) is 0.437. The van der Waals surface area contributed by atoms with Gasteiger partial charge in [0.1, 0.15) is 12.6 Å². The summed E-state index contributed by atoms with van der Waals surface area (Å²) in [7, 11) is 0. The highest BCUT2D eigenvalue weighted by molar-refractivity contribution is 5.80. The number of nitrogens with one attached hydrogen (secondary N) is 1. The van der Waals surface area contributed by atoms with E-state index in [2.05, 4.69) is 10.2 Å². The predicted molar refractivity (Wildman–Crippen MR) is 78.2 cm³/mol. The summed E-state index contributed by atoms with van der Waals surface area (Å²) in [4.78, 5) is 27.0. The number of nitrogens with zero attached hydrogens (tertiary/aromatic N) is 1. The zero-order valence-corrected chi connectivity index (χ0v) is 12.8. The van der Waals surface area contributed by atoms with Crippen molar-refractivity contribution >= 4 is 12.1 Å². The molecule has 0 aliphatic rings. The maximum Gasteiger partial charge on any atom is 0.407 e. The van der Waals surface area contributed by atoms with E-state index in [0.717, 1.165) is 5.56 Å². The summed E-state index contributed by atoms with van der Waals surface area (Å²) in [5.41, 5.74) is 0.773. The minimum absolute atomic E-state index is 0.0457. The second-order valence-corrected chi connectivity index (χ2v) is 4.56. The van der Waals surface area contributed by atoms with Gasteiger partial charge in [0.2, 0.25) is 0 Å². The number of amides is 1. The number of carboxylic acids is 1. The van der Waals surface area contributed by atoms with Crippen molar-refractivity contribution in [1.82, 2.24) is 10.7 Å². The van der Waals surface area contributed by atoms with E-state index < -0.39 is 23.5 Å². The number of ether oxygens (including phenoxy) is 2. The van der Waals surface area contributed by atoms with Crippen LogP contribution in [0.4, 0.5) is 4.79 Å². The normalized spacial score (nSPS) is 12.0. The monoisotopic (exact) mass is 344 g/mol. The van der Waals surface area contributed by atoms with Gasteiger partial charge in [-0.1, -0.05) is 30.3 Å². The summed E-state index contributed by atoms with van der Waals surface area (Å²) >= 11 is 0.